The molecule has 1 rings (SSSR count). The summed E-state index contributed by atoms with van der Waals surface area (Å²) in [6.07, 6.45) is 0. The molecule has 0 saturated carbocycles. The maximum atomic E-state index is 5.55. The van der Waals surface area contributed by atoms with Gasteiger partial charge in [-0.25, -0.2) is 0 Å². The predicted octanol–water partition coefficient (Wildman–Crippen LogP) is 3.49. The third-order valence-corrected chi connectivity index (χ3v) is 3.37. The minimum Gasteiger partial charge on any atom is -0.497 e. The highest BCUT2D eigenvalue weighted by Gasteiger charge is 2.10. The number of ether oxygens (including phenoxy) is 1. The largest absolute Gasteiger partial charge is 0.497 e. The summed E-state index contributed by atoms with van der Waals surface area (Å²) in [5.74, 6) is 0.852. The second-order valence-corrected chi connectivity index (χ2v) is 4.72. The van der Waals surface area contributed by atoms with Crippen molar-refractivity contribution in [3.05, 3.63) is 29.3 Å². The first-order chi connectivity index (χ1) is 8.21. The number of aryl methyl sites for hydroxylation is 1. The highest BCUT2D eigenvalue weighted by molar-refractivity contribution is 7.41. The van der Waals surface area contributed by atoms with Crippen molar-refractivity contribution in [3.8, 4) is 5.75 Å². The lowest BCUT2D eigenvalue weighted by molar-refractivity contribution is 0.180. The molecule has 2 atom stereocenters. The van der Waals surface area contributed by atoms with Gasteiger partial charge in [0.15, 0.2) is 0 Å². The molecule has 1 aromatic carbocycles. The second-order valence-electron chi connectivity index (χ2n) is 3.39. The number of hydrogen-bond donors (Lipinski definition) is 0. The summed E-state index contributed by atoms with van der Waals surface area (Å²) >= 11 is 0. The smallest absolute Gasteiger partial charge is 0.332 e. The number of hydrogen-bond acceptors (Lipinski definition) is 4. The van der Waals surface area contributed by atoms with Crippen LogP contribution in [0.5, 0.6) is 5.75 Å². The Hall–Kier alpha value is -0.240. The first-order valence-electron chi connectivity index (χ1n) is 5.44. The van der Waals surface area contributed by atoms with Crippen molar-refractivity contribution in [2.24, 2.45) is 0 Å². The summed E-state index contributed by atoms with van der Waals surface area (Å²) in [7, 11) is 2.01. The van der Waals surface area contributed by atoms with Gasteiger partial charge in [-0.15, -0.1) is 0 Å². The van der Waals surface area contributed by atoms with E-state index in [2.05, 4.69) is 0 Å². The van der Waals surface area contributed by atoms with Crippen molar-refractivity contribution in [1.82, 2.24) is 0 Å². The molecule has 18 heavy (non-hydrogen) atoms. The Labute approximate surface area is 114 Å². The number of benzene rings is 1. The van der Waals surface area contributed by atoms with E-state index in [1.54, 1.807) is 14.2 Å². The van der Waals surface area contributed by atoms with Crippen LogP contribution in [0, 0.1) is 6.92 Å². The van der Waals surface area contributed by atoms with Gasteiger partial charge in [0, 0.05) is 7.11 Å². The average molecular weight is 292 g/mol. The lowest BCUT2D eigenvalue weighted by Crippen LogP contribution is -1.96. The summed E-state index contributed by atoms with van der Waals surface area (Å²) in [6.45, 7) is 5.00. The molecule has 0 amide bonds. The van der Waals surface area contributed by atoms with E-state index in [0.29, 0.717) is 13.2 Å². The first kappa shape index (κ1) is 17.8. The van der Waals surface area contributed by atoms with E-state index in [9.17, 15) is 0 Å². The van der Waals surface area contributed by atoms with Crippen LogP contribution in [0.2, 0.25) is 0 Å². The van der Waals surface area contributed by atoms with Crippen molar-refractivity contribution in [2.45, 2.75) is 20.5 Å². The van der Waals surface area contributed by atoms with Crippen LogP contribution in [0.4, 0.5) is 0 Å². The van der Waals surface area contributed by atoms with Gasteiger partial charge in [-0.05, 0) is 37.1 Å². The molecule has 1 aromatic rings. The van der Waals surface area contributed by atoms with E-state index >= 15 is 0 Å². The molecular formula is C12H22O4P2. The third kappa shape index (κ3) is 5.60. The van der Waals surface area contributed by atoms with Crippen LogP contribution in [0.15, 0.2) is 18.2 Å². The molecule has 6 heteroatoms. The normalized spacial score (nSPS) is 11.8. The SMILES string of the molecule is CCOP(OC)OCc1ccc(OC)cc1C.P. The fourth-order valence-electron chi connectivity index (χ4n) is 1.33. The van der Waals surface area contributed by atoms with Gasteiger partial charge in [-0.2, -0.15) is 9.90 Å². The zero-order valence-electron chi connectivity index (χ0n) is 11.4. The first-order valence-corrected chi connectivity index (χ1v) is 6.54. The molecule has 0 saturated heterocycles. The van der Waals surface area contributed by atoms with Gasteiger partial charge in [0.05, 0.1) is 20.3 Å². The molecule has 2 unspecified atom stereocenters. The van der Waals surface area contributed by atoms with Crippen LogP contribution in [-0.2, 0) is 20.2 Å². The molecule has 0 heterocycles. The van der Waals surface area contributed by atoms with E-state index in [-0.39, 0.29) is 9.90 Å². The Balaban J connectivity index is 0.00000289. The summed E-state index contributed by atoms with van der Waals surface area (Å²) in [5, 5.41) is 0. The van der Waals surface area contributed by atoms with Crippen molar-refractivity contribution < 1.29 is 18.3 Å². The zero-order chi connectivity index (χ0) is 12.7. The summed E-state index contributed by atoms with van der Waals surface area (Å²) < 4.78 is 21.1. The van der Waals surface area contributed by atoms with Crippen molar-refractivity contribution in [1.29, 1.82) is 0 Å². The molecule has 104 valence electrons. The van der Waals surface area contributed by atoms with Crippen LogP contribution < -0.4 is 4.74 Å². The molecule has 0 aliphatic carbocycles. The number of rotatable bonds is 7. The molecule has 0 spiro atoms. The van der Waals surface area contributed by atoms with E-state index in [1.165, 1.54) is 0 Å². The lowest BCUT2D eigenvalue weighted by atomic mass is 10.1. The van der Waals surface area contributed by atoms with Crippen LogP contribution in [0.25, 0.3) is 0 Å². The quantitative estimate of drug-likeness (QED) is 0.721. The molecule has 0 aliphatic rings. The minimum atomic E-state index is -1.24. The predicted molar refractivity (Wildman–Crippen MR) is 79.2 cm³/mol. The summed E-state index contributed by atoms with van der Waals surface area (Å²) in [4.78, 5) is 0. The Kier molecular flexibility index (Phi) is 9.53. The lowest BCUT2D eigenvalue weighted by Gasteiger charge is -2.14. The van der Waals surface area contributed by atoms with E-state index in [1.807, 2.05) is 32.0 Å². The monoisotopic (exact) mass is 292 g/mol. The molecule has 0 aliphatic heterocycles. The zero-order valence-corrected chi connectivity index (χ0v) is 13.7. The van der Waals surface area contributed by atoms with Gasteiger partial charge in [0.2, 0.25) is 0 Å². The third-order valence-electron chi connectivity index (χ3n) is 2.26. The fraction of sp³-hybridized carbons (Fsp3) is 0.500. The molecule has 4 nitrogen and oxygen atoms in total. The van der Waals surface area contributed by atoms with Gasteiger partial charge in [0.25, 0.3) is 0 Å². The summed E-state index contributed by atoms with van der Waals surface area (Å²) in [5.41, 5.74) is 2.24. The van der Waals surface area contributed by atoms with E-state index in [4.69, 9.17) is 18.3 Å². The Morgan fingerprint density at radius 1 is 1.17 bits per heavy atom. The van der Waals surface area contributed by atoms with Crippen LogP contribution in [0.3, 0.4) is 0 Å². The van der Waals surface area contributed by atoms with Gasteiger partial charge in [0.1, 0.15) is 5.75 Å². The topological polar surface area (TPSA) is 36.9 Å². The summed E-state index contributed by atoms with van der Waals surface area (Å²) in [6, 6.07) is 5.89. The van der Waals surface area contributed by atoms with E-state index < -0.39 is 8.60 Å². The standard InChI is InChI=1S/C12H19O4P.H3P/c1-5-15-17(14-4)16-9-11-6-7-12(13-3)8-10(11)2;/h6-8H,5,9H2,1-4H3;1H3. The minimum absolute atomic E-state index is 0. The molecule has 0 aromatic heterocycles. The Morgan fingerprint density at radius 3 is 2.39 bits per heavy atom. The van der Waals surface area contributed by atoms with Crippen molar-refractivity contribution in [2.75, 3.05) is 20.8 Å². The van der Waals surface area contributed by atoms with Gasteiger partial charge in [-0.3, -0.25) is 0 Å². The number of methoxy groups -OCH3 is 1. The van der Waals surface area contributed by atoms with E-state index in [0.717, 1.165) is 16.9 Å². The molecule has 0 bridgehead atoms. The van der Waals surface area contributed by atoms with Gasteiger partial charge in [-0.1, -0.05) is 6.07 Å². The fourth-order valence-corrected chi connectivity index (χ4v) is 2.07. The van der Waals surface area contributed by atoms with Crippen LogP contribution in [0.1, 0.15) is 18.1 Å². The maximum absolute atomic E-state index is 5.55. The van der Waals surface area contributed by atoms with Crippen LogP contribution in [-0.4, -0.2) is 20.8 Å². The maximum Gasteiger partial charge on any atom is 0.332 e. The van der Waals surface area contributed by atoms with Crippen LogP contribution >= 0.6 is 18.5 Å². The van der Waals surface area contributed by atoms with Gasteiger partial charge >= 0.3 is 8.60 Å². The molecule has 0 N–H and O–H groups in total. The highest BCUT2D eigenvalue weighted by atomic mass is 31.2. The second kappa shape index (κ2) is 9.66. The Morgan fingerprint density at radius 2 is 1.89 bits per heavy atom. The van der Waals surface area contributed by atoms with Crippen molar-refractivity contribution in [3.63, 3.8) is 0 Å². The Bertz CT molecular complexity index is 347. The molecular weight excluding hydrogens is 270 g/mol. The highest BCUT2D eigenvalue weighted by Crippen LogP contribution is 2.39. The molecule has 0 radical (unpaired) electrons. The molecule has 0 fully saturated rings. The van der Waals surface area contributed by atoms with Gasteiger partial charge < -0.3 is 18.3 Å². The van der Waals surface area contributed by atoms with Crippen molar-refractivity contribution >= 4 is 18.5 Å². The average Bonchev–Trinajstić information content (AvgIpc) is 2.35.